The molecule has 6 heteroatoms. The highest BCUT2D eigenvalue weighted by molar-refractivity contribution is 5.98. The van der Waals surface area contributed by atoms with E-state index >= 15 is 0 Å². The molecule has 6 nitrogen and oxygen atoms in total. The summed E-state index contributed by atoms with van der Waals surface area (Å²) in [6, 6.07) is 25.7. The normalized spacial score (nSPS) is 13.8. The number of ether oxygens (including phenoxy) is 1. The van der Waals surface area contributed by atoms with Crippen molar-refractivity contribution >= 4 is 22.6 Å². The standard InChI is InChI=1S/C36H40N2O4/c1-36(2,3)28-14-17-29(18-15-28)42-30-16-13-27-22-33(37-32(31(27)23-30)21-26-11-7-8-12-26)35(41)38(24-34(39)40)20-19-25-9-5-4-6-10-25/h4-6,9-10,13-18,22-23,26H,7-8,11-12,19-21,24H2,1-3H3,(H,39,40). The highest BCUT2D eigenvalue weighted by atomic mass is 16.5. The maximum absolute atomic E-state index is 13.7. The Hall–Kier alpha value is -4.19. The van der Waals surface area contributed by atoms with E-state index in [1.807, 2.05) is 60.7 Å². The van der Waals surface area contributed by atoms with Crippen molar-refractivity contribution in [2.45, 2.75) is 64.7 Å². The minimum Gasteiger partial charge on any atom is -0.480 e. The Labute approximate surface area is 248 Å². The number of fused-ring (bicyclic) bond motifs is 1. The van der Waals surface area contributed by atoms with Crippen LogP contribution in [0.3, 0.4) is 0 Å². The molecule has 218 valence electrons. The van der Waals surface area contributed by atoms with Crippen molar-refractivity contribution in [1.82, 2.24) is 9.88 Å². The summed E-state index contributed by atoms with van der Waals surface area (Å²) < 4.78 is 6.24. The molecule has 1 saturated carbocycles. The molecular weight excluding hydrogens is 524 g/mol. The Morgan fingerprint density at radius 1 is 0.929 bits per heavy atom. The Bertz CT molecular complexity index is 1530. The summed E-state index contributed by atoms with van der Waals surface area (Å²) in [5.41, 5.74) is 3.52. The summed E-state index contributed by atoms with van der Waals surface area (Å²) in [4.78, 5) is 31.7. The maximum Gasteiger partial charge on any atom is 0.323 e. The van der Waals surface area contributed by atoms with Gasteiger partial charge in [-0.2, -0.15) is 0 Å². The number of amides is 1. The van der Waals surface area contributed by atoms with Crippen LogP contribution in [0.5, 0.6) is 11.5 Å². The number of carboxylic acid groups (broad SMARTS) is 1. The lowest BCUT2D eigenvalue weighted by Gasteiger charge is -2.22. The Kier molecular flexibility index (Phi) is 8.91. The van der Waals surface area contributed by atoms with E-state index in [-0.39, 0.29) is 23.6 Å². The smallest absolute Gasteiger partial charge is 0.323 e. The third-order valence-corrected chi connectivity index (χ3v) is 8.14. The van der Waals surface area contributed by atoms with Crippen molar-refractivity contribution in [3.05, 3.63) is 101 Å². The number of hydrogen-bond acceptors (Lipinski definition) is 4. The van der Waals surface area contributed by atoms with Gasteiger partial charge in [-0.3, -0.25) is 9.59 Å². The third kappa shape index (κ3) is 7.35. The molecule has 0 spiro atoms. The molecule has 1 aliphatic carbocycles. The van der Waals surface area contributed by atoms with Crippen LogP contribution < -0.4 is 4.74 Å². The van der Waals surface area contributed by atoms with Crippen LogP contribution in [0.15, 0.2) is 78.9 Å². The summed E-state index contributed by atoms with van der Waals surface area (Å²) in [6.45, 7) is 6.49. The summed E-state index contributed by atoms with van der Waals surface area (Å²) in [5.74, 6) is 0.605. The number of carboxylic acids is 1. The number of hydrogen-bond donors (Lipinski definition) is 1. The van der Waals surface area contributed by atoms with Gasteiger partial charge in [-0.05, 0) is 71.0 Å². The lowest BCUT2D eigenvalue weighted by atomic mass is 9.87. The molecule has 5 rings (SSSR count). The molecule has 1 fully saturated rings. The van der Waals surface area contributed by atoms with E-state index in [1.165, 1.54) is 23.3 Å². The molecule has 0 radical (unpaired) electrons. The number of aromatic nitrogens is 1. The summed E-state index contributed by atoms with van der Waals surface area (Å²) in [7, 11) is 0. The minimum absolute atomic E-state index is 0.0685. The van der Waals surface area contributed by atoms with Crippen molar-refractivity contribution in [3.63, 3.8) is 0 Å². The van der Waals surface area contributed by atoms with Crippen LogP contribution in [0.4, 0.5) is 0 Å². The van der Waals surface area contributed by atoms with Crippen molar-refractivity contribution in [2.24, 2.45) is 5.92 Å². The van der Waals surface area contributed by atoms with Crippen LogP contribution >= 0.6 is 0 Å². The monoisotopic (exact) mass is 564 g/mol. The van der Waals surface area contributed by atoms with E-state index in [0.717, 1.165) is 52.8 Å². The van der Waals surface area contributed by atoms with Crippen LogP contribution in [0.25, 0.3) is 10.8 Å². The first-order valence-electron chi connectivity index (χ1n) is 14.9. The van der Waals surface area contributed by atoms with E-state index < -0.39 is 5.97 Å². The molecular formula is C36H40N2O4. The van der Waals surface area contributed by atoms with E-state index in [4.69, 9.17) is 9.72 Å². The summed E-state index contributed by atoms with van der Waals surface area (Å²) >= 11 is 0. The van der Waals surface area contributed by atoms with Gasteiger partial charge in [-0.25, -0.2) is 4.98 Å². The number of pyridine rings is 1. The van der Waals surface area contributed by atoms with Gasteiger partial charge in [0.25, 0.3) is 5.91 Å². The van der Waals surface area contributed by atoms with Gasteiger partial charge >= 0.3 is 5.97 Å². The fraction of sp³-hybridized carbons (Fsp3) is 0.361. The SMILES string of the molecule is CC(C)(C)c1ccc(Oc2ccc3cc(C(=O)N(CCc4ccccc4)CC(=O)O)nc(CC4CCCC4)c3c2)cc1. The lowest BCUT2D eigenvalue weighted by molar-refractivity contribution is -0.137. The molecule has 0 bridgehead atoms. The second kappa shape index (κ2) is 12.8. The topological polar surface area (TPSA) is 79.7 Å². The quantitative estimate of drug-likeness (QED) is 0.212. The number of nitrogens with zero attached hydrogens (tertiary/aromatic N) is 2. The predicted molar refractivity (Wildman–Crippen MR) is 166 cm³/mol. The number of benzene rings is 3. The largest absolute Gasteiger partial charge is 0.480 e. The molecule has 1 aliphatic rings. The van der Waals surface area contributed by atoms with E-state index in [0.29, 0.717) is 18.9 Å². The van der Waals surface area contributed by atoms with Gasteiger partial charge < -0.3 is 14.7 Å². The minimum atomic E-state index is -1.04. The Morgan fingerprint density at radius 3 is 2.29 bits per heavy atom. The van der Waals surface area contributed by atoms with E-state index in [1.54, 1.807) is 6.07 Å². The van der Waals surface area contributed by atoms with Gasteiger partial charge in [0.15, 0.2) is 0 Å². The van der Waals surface area contributed by atoms with Crippen LogP contribution in [0.2, 0.25) is 0 Å². The fourth-order valence-corrected chi connectivity index (χ4v) is 5.76. The van der Waals surface area contributed by atoms with Gasteiger partial charge in [0, 0.05) is 17.6 Å². The molecule has 0 atom stereocenters. The van der Waals surface area contributed by atoms with Crippen molar-refractivity contribution < 1.29 is 19.4 Å². The van der Waals surface area contributed by atoms with Crippen LogP contribution in [0.1, 0.15) is 73.8 Å². The zero-order valence-electron chi connectivity index (χ0n) is 24.8. The Morgan fingerprint density at radius 2 is 1.62 bits per heavy atom. The first-order valence-corrected chi connectivity index (χ1v) is 14.9. The van der Waals surface area contributed by atoms with E-state index in [2.05, 4.69) is 32.9 Å². The number of rotatable bonds is 10. The van der Waals surface area contributed by atoms with Crippen molar-refractivity contribution in [3.8, 4) is 11.5 Å². The zero-order chi connectivity index (χ0) is 29.7. The second-order valence-corrected chi connectivity index (χ2v) is 12.4. The first-order chi connectivity index (χ1) is 20.2. The van der Waals surface area contributed by atoms with Gasteiger partial charge in [0.05, 0.1) is 0 Å². The second-order valence-electron chi connectivity index (χ2n) is 12.4. The molecule has 1 heterocycles. The lowest BCUT2D eigenvalue weighted by Crippen LogP contribution is -2.37. The van der Waals surface area contributed by atoms with Crippen molar-refractivity contribution in [2.75, 3.05) is 13.1 Å². The molecule has 1 aromatic heterocycles. The van der Waals surface area contributed by atoms with Crippen molar-refractivity contribution in [1.29, 1.82) is 0 Å². The highest BCUT2D eigenvalue weighted by Crippen LogP contribution is 2.33. The average molecular weight is 565 g/mol. The Balaban J connectivity index is 1.45. The van der Waals surface area contributed by atoms with E-state index in [9.17, 15) is 14.7 Å². The molecule has 0 unspecified atom stereocenters. The maximum atomic E-state index is 13.7. The third-order valence-electron chi connectivity index (χ3n) is 8.14. The van der Waals surface area contributed by atoms with Gasteiger partial charge in [0.1, 0.15) is 23.7 Å². The number of carbonyl (C=O) groups excluding carboxylic acids is 1. The molecule has 4 aromatic rings. The molecule has 0 saturated heterocycles. The first kappa shape index (κ1) is 29.3. The molecule has 0 aliphatic heterocycles. The van der Waals surface area contributed by atoms with Crippen LogP contribution in [-0.4, -0.2) is 40.0 Å². The number of aliphatic carboxylic acids is 1. The molecule has 3 aromatic carbocycles. The number of carbonyl (C=O) groups is 2. The van der Waals surface area contributed by atoms with Crippen LogP contribution in [-0.2, 0) is 23.1 Å². The fourth-order valence-electron chi connectivity index (χ4n) is 5.76. The zero-order valence-corrected chi connectivity index (χ0v) is 24.8. The predicted octanol–water partition coefficient (Wildman–Crippen LogP) is 7.83. The average Bonchev–Trinajstić information content (AvgIpc) is 3.48. The van der Waals surface area contributed by atoms with Gasteiger partial charge in [-0.1, -0.05) is 95.0 Å². The summed E-state index contributed by atoms with van der Waals surface area (Å²) in [6.07, 6.45) is 6.09. The van der Waals surface area contributed by atoms with Crippen LogP contribution in [0, 0.1) is 5.92 Å². The molecule has 1 amide bonds. The van der Waals surface area contributed by atoms with Gasteiger partial charge in [0.2, 0.25) is 0 Å². The van der Waals surface area contributed by atoms with Gasteiger partial charge in [-0.15, -0.1) is 0 Å². The molecule has 42 heavy (non-hydrogen) atoms. The molecule has 1 N–H and O–H groups in total. The summed E-state index contributed by atoms with van der Waals surface area (Å²) in [5, 5.41) is 11.4. The highest BCUT2D eigenvalue weighted by Gasteiger charge is 2.24.